The fourth-order valence-corrected chi connectivity index (χ4v) is 3.14. The molecule has 1 aromatic carbocycles. The second kappa shape index (κ2) is 5.91. The van der Waals surface area contributed by atoms with E-state index in [0.29, 0.717) is 39.2 Å². The van der Waals surface area contributed by atoms with Crippen LogP contribution in [0, 0.1) is 0 Å². The normalized spacial score (nSPS) is 26.6. The van der Waals surface area contributed by atoms with Gasteiger partial charge in [-0.3, -0.25) is 4.90 Å². The smallest absolute Gasteiger partial charge is 0.407 e. The van der Waals surface area contributed by atoms with Crippen molar-refractivity contribution in [1.29, 1.82) is 0 Å². The SMILES string of the molecule is O=C(O)N1CCN([C@@H]2c3ccccc3OCC[C@H]2O)CC1. The van der Waals surface area contributed by atoms with Crippen molar-refractivity contribution in [3.63, 3.8) is 0 Å². The summed E-state index contributed by atoms with van der Waals surface area (Å²) in [5, 5.41) is 19.5. The Morgan fingerprint density at radius 3 is 2.62 bits per heavy atom. The molecule has 0 spiro atoms. The van der Waals surface area contributed by atoms with Crippen LogP contribution in [-0.4, -0.2) is 65.0 Å². The first kappa shape index (κ1) is 14.2. The van der Waals surface area contributed by atoms with E-state index in [1.165, 1.54) is 4.90 Å². The zero-order valence-electron chi connectivity index (χ0n) is 11.8. The molecule has 114 valence electrons. The number of carbonyl (C=O) groups is 1. The Bertz CT molecular complexity index is 514. The van der Waals surface area contributed by atoms with Gasteiger partial charge in [0.15, 0.2) is 0 Å². The molecular formula is C15H20N2O4. The number of para-hydroxylation sites is 1. The monoisotopic (exact) mass is 292 g/mol. The Morgan fingerprint density at radius 2 is 1.90 bits per heavy atom. The quantitative estimate of drug-likeness (QED) is 0.813. The highest BCUT2D eigenvalue weighted by molar-refractivity contribution is 5.65. The summed E-state index contributed by atoms with van der Waals surface area (Å²) >= 11 is 0. The van der Waals surface area contributed by atoms with Crippen LogP contribution in [0.5, 0.6) is 5.75 Å². The first-order chi connectivity index (χ1) is 10.2. The van der Waals surface area contributed by atoms with Crippen LogP contribution in [0.15, 0.2) is 24.3 Å². The van der Waals surface area contributed by atoms with Gasteiger partial charge in [-0.1, -0.05) is 18.2 Å². The van der Waals surface area contributed by atoms with Gasteiger partial charge in [0.1, 0.15) is 5.75 Å². The van der Waals surface area contributed by atoms with Gasteiger partial charge in [-0.2, -0.15) is 0 Å². The summed E-state index contributed by atoms with van der Waals surface area (Å²) in [6.45, 7) is 2.71. The average molecular weight is 292 g/mol. The third kappa shape index (κ3) is 2.82. The fourth-order valence-electron chi connectivity index (χ4n) is 3.14. The number of nitrogens with zero attached hydrogens (tertiary/aromatic N) is 2. The molecule has 1 saturated heterocycles. The molecule has 0 radical (unpaired) electrons. The number of rotatable bonds is 1. The predicted molar refractivity (Wildman–Crippen MR) is 76.5 cm³/mol. The molecule has 0 aromatic heterocycles. The van der Waals surface area contributed by atoms with Crippen molar-refractivity contribution in [2.24, 2.45) is 0 Å². The van der Waals surface area contributed by atoms with Gasteiger partial charge >= 0.3 is 6.09 Å². The molecule has 6 nitrogen and oxygen atoms in total. The summed E-state index contributed by atoms with van der Waals surface area (Å²) in [6, 6.07) is 7.66. The third-order valence-electron chi connectivity index (χ3n) is 4.25. The number of aliphatic hydroxyl groups excluding tert-OH is 1. The van der Waals surface area contributed by atoms with Gasteiger partial charge in [0.05, 0.1) is 18.8 Å². The highest BCUT2D eigenvalue weighted by Gasteiger charge is 2.34. The Labute approximate surface area is 123 Å². The molecular weight excluding hydrogens is 272 g/mol. The number of fused-ring (bicyclic) bond motifs is 1. The Kier molecular flexibility index (Phi) is 3.98. The van der Waals surface area contributed by atoms with Crippen LogP contribution in [0.2, 0.25) is 0 Å². The number of carboxylic acid groups (broad SMARTS) is 1. The first-order valence-electron chi connectivity index (χ1n) is 7.28. The molecule has 0 aliphatic carbocycles. The molecule has 6 heteroatoms. The fraction of sp³-hybridized carbons (Fsp3) is 0.533. The molecule has 1 amide bonds. The van der Waals surface area contributed by atoms with Crippen molar-refractivity contribution < 1.29 is 19.7 Å². The molecule has 2 atom stereocenters. The van der Waals surface area contributed by atoms with Gasteiger partial charge in [0, 0.05) is 38.2 Å². The summed E-state index contributed by atoms with van der Waals surface area (Å²) < 4.78 is 5.71. The summed E-state index contributed by atoms with van der Waals surface area (Å²) in [4.78, 5) is 14.6. The highest BCUT2D eigenvalue weighted by Crippen LogP contribution is 2.36. The van der Waals surface area contributed by atoms with E-state index in [4.69, 9.17) is 9.84 Å². The maximum absolute atomic E-state index is 11.0. The van der Waals surface area contributed by atoms with Crippen molar-refractivity contribution in [2.45, 2.75) is 18.6 Å². The summed E-state index contributed by atoms with van der Waals surface area (Å²) in [7, 11) is 0. The number of amides is 1. The van der Waals surface area contributed by atoms with E-state index >= 15 is 0 Å². The minimum atomic E-state index is -0.875. The lowest BCUT2D eigenvalue weighted by molar-refractivity contribution is 0.0166. The summed E-state index contributed by atoms with van der Waals surface area (Å²) in [5.74, 6) is 0.819. The summed E-state index contributed by atoms with van der Waals surface area (Å²) in [6.07, 6.45) is -0.789. The number of ether oxygens (including phenoxy) is 1. The molecule has 2 aliphatic rings. The van der Waals surface area contributed by atoms with Crippen LogP contribution in [-0.2, 0) is 0 Å². The average Bonchev–Trinajstić information content (AvgIpc) is 2.65. The lowest BCUT2D eigenvalue weighted by Gasteiger charge is -2.39. The molecule has 21 heavy (non-hydrogen) atoms. The van der Waals surface area contributed by atoms with Crippen LogP contribution in [0.4, 0.5) is 4.79 Å². The maximum Gasteiger partial charge on any atom is 0.407 e. The predicted octanol–water partition coefficient (Wildman–Crippen LogP) is 1.17. The zero-order valence-corrected chi connectivity index (χ0v) is 11.8. The van der Waals surface area contributed by atoms with Crippen LogP contribution in [0.1, 0.15) is 18.0 Å². The van der Waals surface area contributed by atoms with E-state index in [-0.39, 0.29) is 6.04 Å². The molecule has 1 fully saturated rings. The number of hydrogen-bond acceptors (Lipinski definition) is 4. The second-order valence-electron chi connectivity index (χ2n) is 5.49. The Hall–Kier alpha value is -1.79. The number of benzene rings is 1. The van der Waals surface area contributed by atoms with E-state index in [1.807, 2.05) is 24.3 Å². The number of aliphatic hydroxyl groups is 1. The molecule has 2 heterocycles. The van der Waals surface area contributed by atoms with Gasteiger partial charge in [-0.25, -0.2) is 4.79 Å². The molecule has 2 N–H and O–H groups in total. The first-order valence-corrected chi connectivity index (χ1v) is 7.28. The van der Waals surface area contributed by atoms with Gasteiger partial charge in [0.25, 0.3) is 0 Å². The van der Waals surface area contributed by atoms with E-state index in [9.17, 15) is 9.90 Å². The van der Waals surface area contributed by atoms with Crippen molar-refractivity contribution >= 4 is 6.09 Å². The van der Waals surface area contributed by atoms with E-state index in [1.54, 1.807) is 0 Å². The van der Waals surface area contributed by atoms with E-state index in [2.05, 4.69) is 4.90 Å². The largest absolute Gasteiger partial charge is 0.493 e. The Morgan fingerprint density at radius 1 is 1.19 bits per heavy atom. The minimum absolute atomic E-state index is 0.125. The van der Waals surface area contributed by atoms with Gasteiger partial charge < -0.3 is 19.8 Å². The molecule has 0 saturated carbocycles. The van der Waals surface area contributed by atoms with Crippen LogP contribution in [0.3, 0.4) is 0 Å². The van der Waals surface area contributed by atoms with Crippen molar-refractivity contribution in [1.82, 2.24) is 9.80 Å². The van der Waals surface area contributed by atoms with E-state index in [0.717, 1.165) is 11.3 Å². The van der Waals surface area contributed by atoms with Crippen LogP contribution in [0.25, 0.3) is 0 Å². The summed E-state index contributed by atoms with van der Waals surface area (Å²) in [5.41, 5.74) is 0.992. The molecule has 0 unspecified atom stereocenters. The lowest BCUT2D eigenvalue weighted by Crippen LogP contribution is -2.51. The molecule has 0 bridgehead atoms. The van der Waals surface area contributed by atoms with Gasteiger partial charge in [-0.05, 0) is 6.07 Å². The van der Waals surface area contributed by atoms with E-state index < -0.39 is 12.2 Å². The number of piperazine rings is 1. The minimum Gasteiger partial charge on any atom is -0.493 e. The zero-order chi connectivity index (χ0) is 14.8. The van der Waals surface area contributed by atoms with Gasteiger partial charge in [-0.15, -0.1) is 0 Å². The maximum atomic E-state index is 11.0. The standard InChI is InChI=1S/C15H20N2O4/c18-12-5-10-21-13-4-2-1-3-11(13)14(12)16-6-8-17(9-7-16)15(19)20/h1-4,12,14,18H,5-10H2,(H,19,20)/t12-,14-/m1/s1. The highest BCUT2D eigenvalue weighted by atomic mass is 16.5. The lowest BCUT2D eigenvalue weighted by atomic mass is 9.97. The van der Waals surface area contributed by atoms with Crippen molar-refractivity contribution in [3.05, 3.63) is 29.8 Å². The molecule has 2 aliphatic heterocycles. The van der Waals surface area contributed by atoms with Crippen LogP contribution < -0.4 is 4.74 Å². The Balaban J connectivity index is 1.82. The second-order valence-corrected chi connectivity index (χ2v) is 5.49. The van der Waals surface area contributed by atoms with Crippen LogP contribution >= 0.6 is 0 Å². The topological polar surface area (TPSA) is 73.2 Å². The molecule has 3 rings (SSSR count). The molecule has 1 aromatic rings. The third-order valence-corrected chi connectivity index (χ3v) is 4.25. The van der Waals surface area contributed by atoms with Gasteiger partial charge in [0.2, 0.25) is 0 Å². The van der Waals surface area contributed by atoms with Crippen molar-refractivity contribution in [3.8, 4) is 5.75 Å². The van der Waals surface area contributed by atoms with Crippen molar-refractivity contribution in [2.75, 3.05) is 32.8 Å². The number of hydrogen-bond donors (Lipinski definition) is 2.